The molecule has 162 valence electrons. The molecule has 1 atom stereocenters. The molecule has 5 N–H and O–H groups in total. The van der Waals surface area contributed by atoms with E-state index in [2.05, 4.69) is 30.8 Å². The van der Waals surface area contributed by atoms with Crippen LogP contribution in [-0.2, 0) is 0 Å². The third kappa shape index (κ3) is 4.66. The Bertz CT molecular complexity index is 1220. The first-order chi connectivity index (χ1) is 15.5. The van der Waals surface area contributed by atoms with Crippen molar-refractivity contribution in [1.82, 2.24) is 20.2 Å². The fourth-order valence-corrected chi connectivity index (χ4v) is 3.28. The molecule has 0 unspecified atom stereocenters. The fourth-order valence-electron chi connectivity index (χ4n) is 3.01. The van der Waals surface area contributed by atoms with Gasteiger partial charge in [0, 0.05) is 11.9 Å². The lowest BCUT2D eigenvalue weighted by atomic mass is 10.1. The van der Waals surface area contributed by atoms with Gasteiger partial charge < -0.3 is 25.9 Å². The van der Waals surface area contributed by atoms with Crippen LogP contribution in [0.3, 0.4) is 0 Å². The van der Waals surface area contributed by atoms with Crippen molar-refractivity contribution in [3.05, 3.63) is 77.3 Å². The van der Waals surface area contributed by atoms with E-state index >= 15 is 0 Å². The maximum absolute atomic E-state index is 11.4. The number of aliphatic hydroxyl groups excluding tert-OH is 1. The first-order valence-electron chi connectivity index (χ1n) is 9.47. The van der Waals surface area contributed by atoms with Crippen LogP contribution < -0.4 is 16.4 Å². The van der Waals surface area contributed by atoms with E-state index in [1.54, 1.807) is 12.1 Å². The van der Waals surface area contributed by atoms with Gasteiger partial charge in [0.2, 0.25) is 18.2 Å². The van der Waals surface area contributed by atoms with Crippen molar-refractivity contribution < 1.29 is 14.3 Å². The number of amides is 1. The molecule has 0 spiro atoms. The molecule has 0 saturated heterocycles. The monoisotopic (exact) mass is 451 g/mol. The molecule has 0 fully saturated rings. The average molecular weight is 452 g/mol. The van der Waals surface area contributed by atoms with Crippen LogP contribution >= 0.6 is 11.6 Å². The van der Waals surface area contributed by atoms with Crippen molar-refractivity contribution in [1.29, 1.82) is 0 Å². The minimum Gasteiger partial charge on any atom is -0.423 e. The first-order valence-corrected chi connectivity index (χ1v) is 9.85. The fraction of sp³-hybridized carbons (Fsp3) is 0.0952. The van der Waals surface area contributed by atoms with Gasteiger partial charge in [-0.05, 0) is 23.8 Å². The number of anilines is 3. The average Bonchev–Trinajstić information content (AvgIpc) is 3.33. The van der Waals surface area contributed by atoms with Gasteiger partial charge in [0.05, 0.1) is 28.8 Å². The zero-order valence-corrected chi connectivity index (χ0v) is 17.3. The summed E-state index contributed by atoms with van der Waals surface area (Å²) in [6, 6.07) is 13.7. The van der Waals surface area contributed by atoms with E-state index in [0.29, 0.717) is 17.1 Å². The van der Waals surface area contributed by atoms with Gasteiger partial charge in [0.25, 0.3) is 5.89 Å². The number of rotatable bonds is 8. The van der Waals surface area contributed by atoms with Crippen molar-refractivity contribution >= 4 is 35.0 Å². The maximum Gasteiger partial charge on any atom is 0.252 e. The van der Waals surface area contributed by atoms with Crippen molar-refractivity contribution in [2.75, 3.05) is 17.2 Å². The number of primary amides is 1. The number of carbonyl (C=O) groups is 1. The summed E-state index contributed by atoms with van der Waals surface area (Å²) in [6.07, 6.45) is 2.72. The standard InChI is InChI=1S/C21H18ClN7O3/c22-16-8-13(6-7-14(16)18(23)31)26-21-24-9-15(20-29-25-11-32-20)19(28-21)27-17(10-30)12-4-2-1-3-5-12/h1-9,11,17,30H,10H2,(H2,23,31)(H2,24,26,27,28)/t17-/m1/s1. The number of benzene rings is 2. The molecule has 2 aromatic carbocycles. The van der Waals surface area contributed by atoms with Crippen LogP contribution in [0.2, 0.25) is 5.02 Å². The molecule has 2 heterocycles. The van der Waals surface area contributed by atoms with Gasteiger partial charge in [-0.3, -0.25) is 4.79 Å². The van der Waals surface area contributed by atoms with Crippen molar-refractivity contribution in [3.8, 4) is 11.5 Å². The molecule has 0 aliphatic heterocycles. The van der Waals surface area contributed by atoms with E-state index in [1.165, 1.54) is 18.7 Å². The number of aromatic nitrogens is 4. The van der Waals surface area contributed by atoms with Gasteiger partial charge >= 0.3 is 0 Å². The quantitative estimate of drug-likeness (QED) is 0.316. The molecule has 11 heteroatoms. The Morgan fingerprint density at radius 3 is 2.69 bits per heavy atom. The summed E-state index contributed by atoms with van der Waals surface area (Å²) in [7, 11) is 0. The van der Waals surface area contributed by atoms with Crippen LogP contribution in [0.4, 0.5) is 17.5 Å². The van der Waals surface area contributed by atoms with Gasteiger partial charge in [-0.1, -0.05) is 41.9 Å². The van der Waals surface area contributed by atoms with Crippen LogP contribution in [0, 0.1) is 0 Å². The Labute approximate surface area is 187 Å². The molecular weight excluding hydrogens is 434 g/mol. The van der Waals surface area contributed by atoms with Gasteiger partial charge in [0.1, 0.15) is 5.82 Å². The van der Waals surface area contributed by atoms with Gasteiger partial charge in [0.15, 0.2) is 0 Å². The lowest BCUT2D eigenvalue weighted by Crippen LogP contribution is -2.17. The number of nitrogens with zero attached hydrogens (tertiary/aromatic N) is 4. The smallest absolute Gasteiger partial charge is 0.252 e. The maximum atomic E-state index is 11.4. The number of carbonyl (C=O) groups excluding carboxylic acids is 1. The summed E-state index contributed by atoms with van der Waals surface area (Å²) < 4.78 is 5.30. The molecule has 1 amide bonds. The largest absolute Gasteiger partial charge is 0.423 e. The molecule has 0 aliphatic carbocycles. The van der Waals surface area contributed by atoms with Gasteiger partial charge in [-0.2, -0.15) is 4.98 Å². The summed E-state index contributed by atoms with van der Waals surface area (Å²) in [6.45, 7) is -0.176. The highest BCUT2D eigenvalue weighted by Crippen LogP contribution is 2.29. The SMILES string of the molecule is NC(=O)c1ccc(Nc2ncc(-c3nnco3)c(N[C@H](CO)c3ccccc3)n2)cc1Cl. The third-order valence-corrected chi connectivity index (χ3v) is 4.88. The third-order valence-electron chi connectivity index (χ3n) is 4.57. The van der Waals surface area contributed by atoms with Crippen molar-refractivity contribution in [2.24, 2.45) is 5.73 Å². The highest BCUT2D eigenvalue weighted by molar-refractivity contribution is 6.34. The molecular formula is C21H18ClN7O3. The van der Waals surface area contributed by atoms with Crippen LogP contribution in [0.5, 0.6) is 0 Å². The lowest BCUT2D eigenvalue weighted by Gasteiger charge is -2.19. The van der Waals surface area contributed by atoms with E-state index in [1.807, 2.05) is 30.3 Å². The Morgan fingerprint density at radius 1 is 1.22 bits per heavy atom. The Kier molecular flexibility index (Phi) is 6.24. The number of nitrogens with one attached hydrogen (secondary N) is 2. The first kappa shape index (κ1) is 21.2. The normalized spacial score (nSPS) is 11.7. The predicted molar refractivity (Wildman–Crippen MR) is 118 cm³/mol. The topological polar surface area (TPSA) is 152 Å². The van der Waals surface area contributed by atoms with Crippen molar-refractivity contribution in [3.63, 3.8) is 0 Å². The summed E-state index contributed by atoms with van der Waals surface area (Å²) in [5, 5.41) is 24.0. The Balaban J connectivity index is 1.67. The number of hydrogen-bond acceptors (Lipinski definition) is 9. The van der Waals surface area contributed by atoms with E-state index in [9.17, 15) is 9.90 Å². The van der Waals surface area contributed by atoms with Crippen LogP contribution in [0.1, 0.15) is 22.0 Å². The number of aliphatic hydroxyl groups is 1. The zero-order valence-electron chi connectivity index (χ0n) is 16.6. The molecule has 0 saturated carbocycles. The Hall–Kier alpha value is -4.02. The summed E-state index contributed by atoms with van der Waals surface area (Å²) in [5.74, 6) is 0.208. The van der Waals surface area contributed by atoms with E-state index in [4.69, 9.17) is 21.8 Å². The molecule has 4 aromatic rings. The van der Waals surface area contributed by atoms with E-state index < -0.39 is 11.9 Å². The summed E-state index contributed by atoms with van der Waals surface area (Å²) in [5.41, 5.74) is 7.39. The second-order valence-corrected chi connectivity index (χ2v) is 7.08. The molecule has 0 bridgehead atoms. The van der Waals surface area contributed by atoms with Crippen LogP contribution in [0.15, 0.2) is 65.5 Å². The molecule has 32 heavy (non-hydrogen) atoms. The lowest BCUT2D eigenvalue weighted by molar-refractivity contribution is 0.100. The van der Waals surface area contributed by atoms with Gasteiger partial charge in [-0.15, -0.1) is 10.2 Å². The summed E-state index contributed by atoms with van der Waals surface area (Å²) >= 11 is 6.12. The number of halogens is 1. The van der Waals surface area contributed by atoms with Crippen LogP contribution in [-0.4, -0.2) is 37.8 Å². The highest BCUT2D eigenvalue weighted by Gasteiger charge is 2.18. The highest BCUT2D eigenvalue weighted by atomic mass is 35.5. The molecule has 0 aliphatic rings. The van der Waals surface area contributed by atoms with E-state index in [0.717, 1.165) is 5.56 Å². The molecule has 4 rings (SSSR count). The minimum absolute atomic E-state index is 0.176. The molecule has 10 nitrogen and oxygen atoms in total. The molecule has 0 radical (unpaired) electrons. The minimum atomic E-state index is -0.621. The number of hydrogen-bond donors (Lipinski definition) is 4. The summed E-state index contributed by atoms with van der Waals surface area (Å²) in [4.78, 5) is 20.2. The van der Waals surface area contributed by atoms with Crippen molar-refractivity contribution in [2.45, 2.75) is 6.04 Å². The number of nitrogens with two attached hydrogens (primary N) is 1. The van der Waals surface area contributed by atoms with Crippen LogP contribution in [0.25, 0.3) is 11.5 Å². The predicted octanol–water partition coefficient (Wildman–Crippen LogP) is 3.17. The van der Waals surface area contributed by atoms with E-state index in [-0.39, 0.29) is 29.0 Å². The second kappa shape index (κ2) is 9.41. The Morgan fingerprint density at radius 2 is 2.03 bits per heavy atom. The second-order valence-electron chi connectivity index (χ2n) is 6.67. The van der Waals surface area contributed by atoms with Gasteiger partial charge in [-0.25, -0.2) is 4.98 Å². The molecule has 2 aromatic heterocycles. The zero-order chi connectivity index (χ0) is 22.5.